The summed E-state index contributed by atoms with van der Waals surface area (Å²) in [4.78, 5) is 35.2. The van der Waals surface area contributed by atoms with Crippen molar-refractivity contribution in [2.75, 3.05) is 11.9 Å². The van der Waals surface area contributed by atoms with E-state index in [1.54, 1.807) is 48.5 Å². The molecular formula is C20H24N4O4. The molecule has 0 saturated heterocycles. The number of para-hydroxylation sites is 1. The number of amides is 3. The zero-order chi connectivity index (χ0) is 20.7. The average molecular weight is 384 g/mol. The molecule has 0 spiro atoms. The summed E-state index contributed by atoms with van der Waals surface area (Å²) in [5, 5.41) is 5.16. The van der Waals surface area contributed by atoms with Crippen LogP contribution in [-0.4, -0.2) is 30.3 Å². The number of carbonyl (C=O) groups is 3. The molecule has 0 bridgehead atoms. The van der Waals surface area contributed by atoms with Gasteiger partial charge in [0.05, 0.1) is 18.2 Å². The van der Waals surface area contributed by atoms with E-state index in [4.69, 9.17) is 16.2 Å². The fourth-order valence-corrected chi connectivity index (χ4v) is 2.29. The van der Waals surface area contributed by atoms with Crippen molar-refractivity contribution < 1.29 is 19.1 Å². The Morgan fingerprint density at radius 2 is 1.68 bits per heavy atom. The third-order valence-corrected chi connectivity index (χ3v) is 3.96. The second kappa shape index (κ2) is 9.52. The van der Waals surface area contributed by atoms with E-state index in [1.807, 2.05) is 13.8 Å². The lowest BCUT2D eigenvalue weighted by molar-refractivity contribution is -0.125. The van der Waals surface area contributed by atoms with Gasteiger partial charge in [-0.15, -0.1) is 0 Å². The van der Waals surface area contributed by atoms with Gasteiger partial charge in [-0.05, 0) is 42.3 Å². The molecule has 0 fully saturated rings. The second-order valence-corrected chi connectivity index (χ2v) is 6.52. The minimum atomic E-state index is -0.660. The largest absolute Gasteiger partial charge is 0.457 e. The summed E-state index contributed by atoms with van der Waals surface area (Å²) in [5.74, 6) is -0.535. The molecule has 2 aromatic rings. The average Bonchev–Trinajstić information content (AvgIpc) is 2.67. The number of hydrogen-bond acceptors (Lipinski definition) is 5. The summed E-state index contributed by atoms with van der Waals surface area (Å²) in [7, 11) is 0. The molecule has 0 aliphatic carbocycles. The molecule has 0 saturated carbocycles. The smallest absolute Gasteiger partial charge is 0.252 e. The van der Waals surface area contributed by atoms with Crippen LogP contribution in [0.5, 0.6) is 11.5 Å². The van der Waals surface area contributed by atoms with E-state index < -0.39 is 11.9 Å². The summed E-state index contributed by atoms with van der Waals surface area (Å²) >= 11 is 0. The van der Waals surface area contributed by atoms with Crippen molar-refractivity contribution in [1.29, 1.82) is 0 Å². The summed E-state index contributed by atoms with van der Waals surface area (Å²) in [6.45, 7) is 3.48. The first-order valence-electron chi connectivity index (χ1n) is 8.78. The van der Waals surface area contributed by atoms with Crippen molar-refractivity contribution in [2.24, 2.45) is 17.4 Å². The Morgan fingerprint density at radius 1 is 1.04 bits per heavy atom. The first kappa shape index (κ1) is 20.9. The third-order valence-electron chi connectivity index (χ3n) is 3.96. The molecule has 28 heavy (non-hydrogen) atoms. The van der Waals surface area contributed by atoms with Gasteiger partial charge in [0, 0.05) is 5.69 Å². The zero-order valence-corrected chi connectivity index (χ0v) is 15.8. The fraction of sp³-hybridized carbons (Fsp3) is 0.250. The molecule has 8 nitrogen and oxygen atoms in total. The number of ether oxygens (including phenoxy) is 1. The van der Waals surface area contributed by atoms with Crippen molar-refractivity contribution >= 4 is 23.4 Å². The topological polar surface area (TPSA) is 137 Å². The first-order chi connectivity index (χ1) is 13.3. The Balaban J connectivity index is 1.92. The SMILES string of the molecule is CC(C)[C@H](N)C(=O)NCC(=O)Nc1ccc(Oc2ccccc2C(N)=O)cc1. The van der Waals surface area contributed by atoms with Gasteiger partial charge in [-0.25, -0.2) is 0 Å². The maximum absolute atomic E-state index is 12.0. The highest BCUT2D eigenvalue weighted by molar-refractivity contribution is 5.96. The van der Waals surface area contributed by atoms with Crippen LogP contribution in [-0.2, 0) is 9.59 Å². The van der Waals surface area contributed by atoms with Crippen LogP contribution in [0.2, 0.25) is 0 Å². The number of anilines is 1. The van der Waals surface area contributed by atoms with Gasteiger partial charge in [-0.2, -0.15) is 0 Å². The monoisotopic (exact) mass is 384 g/mol. The quantitative estimate of drug-likeness (QED) is 0.548. The highest BCUT2D eigenvalue weighted by Gasteiger charge is 2.17. The number of nitrogens with two attached hydrogens (primary N) is 2. The minimum absolute atomic E-state index is 0.0182. The molecule has 8 heteroatoms. The number of carbonyl (C=O) groups excluding carboxylic acids is 3. The van der Waals surface area contributed by atoms with E-state index in [0.29, 0.717) is 17.2 Å². The maximum atomic E-state index is 12.0. The number of rotatable bonds is 8. The van der Waals surface area contributed by atoms with Crippen LogP contribution in [0.3, 0.4) is 0 Å². The number of nitrogens with one attached hydrogen (secondary N) is 2. The van der Waals surface area contributed by atoms with Crippen LogP contribution in [0.4, 0.5) is 5.69 Å². The lowest BCUT2D eigenvalue weighted by Gasteiger charge is -2.15. The minimum Gasteiger partial charge on any atom is -0.457 e. The van der Waals surface area contributed by atoms with E-state index in [9.17, 15) is 14.4 Å². The summed E-state index contributed by atoms with van der Waals surface area (Å²) in [5.41, 5.74) is 11.9. The molecule has 0 aromatic heterocycles. The van der Waals surface area contributed by atoms with E-state index in [-0.39, 0.29) is 29.8 Å². The number of benzene rings is 2. The lowest BCUT2D eigenvalue weighted by Crippen LogP contribution is -2.46. The Morgan fingerprint density at radius 3 is 2.29 bits per heavy atom. The molecule has 2 aromatic carbocycles. The zero-order valence-electron chi connectivity index (χ0n) is 15.8. The van der Waals surface area contributed by atoms with Gasteiger partial charge >= 0.3 is 0 Å². The predicted molar refractivity (Wildman–Crippen MR) is 106 cm³/mol. The standard InChI is InChI=1S/C20H24N4O4/c1-12(2)18(21)20(27)23-11-17(25)24-13-7-9-14(10-8-13)28-16-6-4-3-5-15(16)19(22)26/h3-10,12,18H,11,21H2,1-2H3,(H2,22,26)(H,23,27)(H,24,25)/t18-/m0/s1. The van der Waals surface area contributed by atoms with Gasteiger partial charge in [0.2, 0.25) is 11.8 Å². The first-order valence-corrected chi connectivity index (χ1v) is 8.78. The molecule has 0 aliphatic heterocycles. The molecular weight excluding hydrogens is 360 g/mol. The highest BCUT2D eigenvalue weighted by Crippen LogP contribution is 2.26. The van der Waals surface area contributed by atoms with Crippen LogP contribution in [0, 0.1) is 5.92 Å². The second-order valence-electron chi connectivity index (χ2n) is 6.52. The van der Waals surface area contributed by atoms with E-state index >= 15 is 0 Å². The van der Waals surface area contributed by atoms with Crippen molar-refractivity contribution in [1.82, 2.24) is 5.32 Å². The van der Waals surface area contributed by atoms with Crippen molar-refractivity contribution in [3.05, 3.63) is 54.1 Å². The summed E-state index contributed by atoms with van der Waals surface area (Å²) in [6.07, 6.45) is 0. The Bertz CT molecular complexity index is 850. The van der Waals surface area contributed by atoms with Crippen LogP contribution >= 0.6 is 0 Å². The fourth-order valence-electron chi connectivity index (χ4n) is 2.29. The van der Waals surface area contributed by atoms with Crippen LogP contribution in [0.15, 0.2) is 48.5 Å². The summed E-state index contributed by atoms with van der Waals surface area (Å²) < 4.78 is 5.67. The maximum Gasteiger partial charge on any atom is 0.252 e. The van der Waals surface area contributed by atoms with Gasteiger partial charge in [0.1, 0.15) is 11.5 Å². The molecule has 3 amide bonds. The van der Waals surface area contributed by atoms with Gasteiger partial charge in [0.15, 0.2) is 0 Å². The van der Waals surface area contributed by atoms with E-state index in [1.165, 1.54) is 0 Å². The van der Waals surface area contributed by atoms with Crippen molar-refractivity contribution in [3.63, 3.8) is 0 Å². The lowest BCUT2D eigenvalue weighted by atomic mass is 10.1. The van der Waals surface area contributed by atoms with Gasteiger partial charge in [-0.1, -0.05) is 26.0 Å². The van der Waals surface area contributed by atoms with Gasteiger partial charge in [-0.3, -0.25) is 14.4 Å². The van der Waals surface area contributed by atoms with Crippen molar-refractivity contribution in [2.45, 2.75) is 19.9 Å². The Hall–Kier alpha value is -3.39. The molecule has 0 heterocycles. The molecule has 0 unspecified atom stereocenters. The summed E-state index contributed by atoms with van der Waals surface area (Å²) in [6, 6.07) is 12.5. The van der Waals surface area contributed by atoms with Crippen LogP contribution < -0.4 is 26.8 Å². The molecule has 0 aliphatic rings. The van der Waals surface area contributed by atoms with Gasteiger partial charge < -0.3 is 26.8 Å². The van der Waals surface area contributed by atoms with Gasteiger partial charge in [0.25, 0.3) is 5.91 Å². The normalized spacial score (nSPS) is 11.6. The Labute approximate surface area is 163 Å². The van der Waals surface area contributed by atoms with Crippen LogP contribution in [0.25, 0.3) is 0 Å². The molecule has 2 rings (SSSR count). The van der Waals surface area contributed by atoms with E-state index in [0.717, 1.165) is 0 Å². The molecule has 0 radical (unpaired) electrons. The van der Waals surface area contributed by atoms with Crippen LogP contribution in [0.1, 0.15) is 24.2 Å². The third kappa shape index (κ3) is 5.82. The van der Waals surface area contributed by atoms with Crippen molar-refractivity contribution in [3.8, 4) is 11.5 Å². The highest BCUT2D eigenvalue weighted by atomic mass is 16.5. The molecule has 148 valence electrons. The molecule has 6 N–H and O–H groups in total. The number of primary amides is 1. The number of hydrogen-bond donors (Lipinski definition) is 4. The predicted octanol–water partition coefficient (Wildman–Crippen LogP) is 1.62. The Kier molecular flexibility index (Phi) is 7.11. The van der Waals surface area contributed by atoms with E-state index in [2.05, 4.69) is 10.6 Å². The molecule has 1 atom stereocenters.